The van der Waals surface area contributed by atoms with Crippen LogP contribution in [0.25, 0.3) is 33.6 Å². The molecule has 3 aromatic carbocycles. The molecular weight excluding hydrogens is 430 g/mol. The molecule has 0 radical (unpaired) electrons. The van der Waals surface area contributed by atoms with Crippen molar-refractivity contribution in [1.82, 2.24) is 15.0 Å². The van der Waals surface area contributed by atoms with E-state index >= 15 is 0 Å². The number of aromatic nitrogens is 3. The molecular formula is C19H15N3O6S2. The maximum Gasteiger partial charge on any atom is 0.295 e. The molecule has 0 atom stereocenters. The van der Waals surface area contributed by atoms with Crippen molar-refractivity contribution in [2.75, 3.05) is 0 Å². The number of hydrogen-bond donors (Lipinski definition) is 2. The van der Waals surface area contributed by atoms with Crippen molar-refractivity contribution in [3.05, 3.63) is 60.2 Å². The number of nitrogens with zero attached hydrogens (tertiary/aromatic N) is 3. The molecule has 0 amide bonds. The SMILES string of the molecule is CC=Cc1ccc(-n2nc3cc(S(=O)(=O)O)c4ccccc4c3n2)cc1S(=O)(=O)O. The topological polar surface area (TPSA) is 139 Å². The normalized spacial score (nSPS) is 12.9. The van der Waals surface area contributed by atoms with Gasteiger partial charge in [-0.3, -0.25) is 9.11 Å². The summed E-state index contributed by atoms with van der Waals surface area (Å²) in [6.45, 7) is 1.71. The molecule has 11 heteroatoms. The van der Waals surface area contributed by atoms with Gasteiger partial charge in [-0.2, -0.15) is 21.6 Å². The van der Waals surface area contributed by atoms with E-state index in [0.29, 0.717) is 16.5 Å². The van der Waals surface area contributed by atoms with Crippen LogP contribution in [0.3, 0.4) is 0 Å². The van der Waals surface area contributed by atoms with Gasteiger partial charge in [0.25, 0.3) is 20.2 Å². The van der Waals surface area contributed by atoms with E-state index in [-0.39, 0.29) is 26.4 Å². The van der Waals surface area contributed by atoms with Crippen LogP contribution >= 0.6 is 0 Å². The molecule has 0 spiro atoms. The van der Waals surface area contributed by atoms with Gasteiger partial charge in [0.1, 0.15) is 20.8 Å². The summed E-state index contributed by atoms with van der Waals surface area (Å²) < 4.78 is 66.4. The van der Waals surface area contributed by atoms with Crippen molar-refractivity contribution in [2.24, 2.45) is 0 Å². The van der Waals surface area contributed by atoms with Crippen LogP contribution in [0.2, 0.25) is 0 Å². The fraction of sp³-hybridized carbons (Fsp3) is 0.0526. The third kappa shape index (κ3) is 3.48. The monoisotopic (exact) mass is 445 g/mol. The van der Waals surface area contributed by atoms with Crippen molar-refractivity contribution < 1.29 is 25.9 Å². The molecule has 1 aromatic heterocycles. The van der Waals surface area contributed by atoms with Crippen LogP contribution in [0, 0.1) is 0 Å². The maximum atomic E-state index is 11.8. The predicted molar refractivity (Wildman–Crippen MR) is 111 cm³/mol. The molecule has 4 aromatic rings. The van der Waals surface area contributed by atoms with Gasteiger partial charge in [0.05, 0.1) is 5.69 Å². The highest BCUT2D eigenvalue weighted by Gasteiger charge is 2.20. The van der Waals surface area contributed by atoms with E-state index < -0.39 is 20.2 Å². The van der Waals surface area contributed by atoms with Gasteiger partial charge in [-0.1, -0.05) is 42.5 Å². The highest BCUT2D eigenvalue weighted by Crippen LogP contribution is 2.30. The molecule has 0 unspecified atom stereocenters. The second-order valence-electron chi connectivity index (χ2n) is 6.45. The number of fused-ring (bicyclic) bond motifs is 3. The summed E-state index contributed by atoms with van der Waals surface area (Å²) in [6, 6.07) is 12.0. The first kappa shape index (κ1) is 20.2. The molecule has 0 fully saturated rings. The number of allylic oxidation sites excluding steroid dienone is 1. The molecule has 0 aliphatic carbocycles. The van der Waals surface area contributed by atoms with Gasteiger partial charge in [-0.25, -0.2) is 0 Å². The summed E-state index contributed by atoms with van der Waals surface area (Å²) in [4.78, 5) is 0.515. The first-order chi connectivity index (χ1) is 14.1. The van der Waals surface area contributed by atoms with Crippen LogP contribution in [0.15, 0.2) is 64.4 Å². The van der Waals surface area contributed by atoms with E-state index in [9.17, 15) is 25.9 Å². The molecule has 0 saturated heterocycles. The van der Waals surface area contributed by atoms with Crippen molar-refractivity contribution in [3.8, 4) is 5.69 Å². The van der Waals surface area contributed by atoms with Gasteiger partial charge in [-0.05, 0) is 30.7 Å². The lowest BCUT2D eigenvalue weighted by molar-refractivity contribution is 0.481. The smallest absolute Gasteiger partial charge is 0.282 e. The summed E-state index contributed by atoms with van der Waals surface area (Å²) in [5.41, 5.74) is 1.08. The van der Waals surface area contributed by atoms with Gasteiger partial charge in [0, 0.05) is 10.8 Å². The molecule has 154 valence electrons. The van der Waals surface area contributed by atoms with Gasteiger partial charge in [0.2, 0.25) is 0 Å². The molecule has 0 aliphatic rings. The van der Waals surface area contributed by atoms with Gasteiger partial charge in [-0.15, -0.1) is 10.2 Å². The summed E-state index contributed by atoms with van der Waals surface area (Å²) in [7, 11) is -9.02. The highest BCUT2D eigenvalue weighted by atomic mass is 32.2. The van der Waals surface area contributed by atoms with E-state index in [1.165, 1.54) is 24.3 Å². The number of rotatable bonds is 4. The Hall–Kier alpha value is -3.12. The number of benzene rings is 3. The zero-order chi connectivity index (χ0) is 21.7. The standard InChI is InChI=1S/C19H15N3O6S2/c1-2-5-12-8-9-13(10-17(12)29(23,24)25)22-20-16-11-18(30(26,27)28)14-6-3-4-7-15(14)19(16)21-22/h2-11H,1H3,(H,23,24,25)(H,26,27,28). The van der Waals surface area contributed by atoms with Crippen LogP contribution in [-0.4, -0.2) is 40.9 Å². The molecule has 0 aliphatic heterocycles. The Morgan fingerprint density at radius 3 is 2.17 bits per heavy atom. The Labute approximate surface area is 171 Å². The summed E-state index contributed by atoms with van der Waals surface area (Å²) in [5.74, 6) is 0. The lowest BCUT2D eigenvalue weighted by Gasteiger charge is -2.06. The first-order valence-electron chi connectivity index (χ1n) is 8.60. The van der Waals surface area contributed by atoms with E-state index in [1.54, 1.807) is 43.3 Å². The average molecular weight is 445 g/mol. The van der Waals surface area contributed by atoms with Crippen LogP contribution in [0.1, 0.15) is 12.5 Å². The van der Waals surface area contributed by atoms with Crippen LogP contribution in [0.4, 0.5) is 0 Å². The second kappa shape index (κ2) is 6.99. The van der Waals surface area contributed by atoms with Crippen LogP contribution in [0.5, 0.6) is 0 Å². The van der Waals surface area contributed by atoms with Crippen molar-refractivity contribution in [2.45, 2.75) is 16.7 Å². The van der Waals surface area contributed by atoms with Crippen molar-refractivity contribution in [1.29, 1.82) is 0 Å². The minimum atomic E-state index is -4.51. The van der Waals surface area contributed by atoms with Crippen molar-refractivity contribution in [3.63, 3.8) is 0 Å². The van der Waals surface area contributed by atoms with Crippen molar-refractivity contribution >= 4 is 48.1 Å². The van der Waals surface area contributed by atoms with Crippen LogP contribution < -0.4 is 0 Å². The van der Waals surface area contributed by atoms with E-state index in [2.05, 4.69) is 10.2 Å². The minimum Gasteiger partial charge on any atom is -0.282 e. The van der Waals surface area contributed by atoms with Crippen LogP contribution in [-0.2, 0) is 20.2 Å². The highest BCUT2D eigenvalue weighted by molar-refractivity contribution is 7.86. The summed E-state index contributed by atoms with van der Waals surface area (Å²) in [5, 5.41) is 9.34. The Kier molecular flexibility index (Phi) is 4.70. The van der Waals surface area contributed by atoms with E-state index in [4.69, 9.17) is 0 Å². The fourth-order valence-electron chi connectivity index (χ4n) is 3.23. The molecule has 9 nitrogen and oxygen atoms in total. The molecule has 30 heavy (non-hydrogen) atoms. The fourth-order valence-corrected chi connectivity index (χ4v) is 4.65. The molecule has 0 bridgehead atoms. The Balaban J connectivity index is 2.01. The molecule has 0 saturated carbocycles. The first-order valence-corrected chi connectivity index (χ1v) is 11.5. The van der Waals surface area contributed by atoms with E-state index in [1.807, 2.05) is 0 Å². The molecule has 1 heterocycles. The predicted octanol–water partition coefficient (Wildman–Crippen LogP) is 3.10. The quantitative estimate of drug-likeness (QED) is 0.457. The third-order valence-electron chi connectivity index (χ3n) is 4.49. The summed E-state index contributed by atoms with van der Waals surface area (Å²) in [6.07, 6.45) is 3.17. The number of hydrogen-bond acceptors (Lipinski definition) is 6. The Bertz CT molecular complexity index is 1550. The lowest BCUT2D eigenvalue weighted by atomic mass is 10.1. The minimum absolute atomic E-state index is 0.187. The van der Waals surface area contributed by atoms with Gasteiger partial charge in [0.15, 0.2) is 0 Å². The lowest BCUT2D eigenvalue weighted by Crippen LogP contribution is -2.05. The third-order valence-corrected chi connectivity index (χ3v) is 6.29. The second-order valence-corrected chi connectivity index (χ2v) is 9.23. The van der Waals surface area contributed by atoms with Gasteiger partial charge >= 0.3 is 0 Å². The largest absolute Gasteiger partial charge is 0.295 e. The molecule has 2 N–H and O–H groups in total. The summed E-state index contributed by atoms with van der Waals surface area (Å²) >= 11 is 0. The zero-order valence-electron chi connectivity index (χ0n) is 15.5. The molecule has 4 rings (SSSR count). The maximum absolute atomic E-state index is 11.8. The van der Waals surface area contributed by atoms with E-state index in [0.717, 1.165) is 4.80 Å². The Morgan fingerprint density at radius 2 is 1.53 bits per heavy atom. The average Bonchev–Trinajstić information content (AvgIpc) is 3.11. The van der Waals surface area contributed by atoms with Gasteiger partial charge < -0.3 is 0 Å². The zero-order valence-corrected chi connectivity index (χ0v) is 17.1. The Morgan fingerprint density at radius 1 is 0.867 bits per heavy atom.